The van der Waals surface area contributed by atoms with Gasteiger partial charge in [0.15, 0.2) is 0 Å². The molecule has 0 unspecified atom stereocenters. The number of aryl methyl sites for hydroxylation is 1. The van der Waals surface area contributed by atoms with Crippen molar-refractivity contribution in [2.24, 2.45) is 5.92 Å². The molecule has 0 atom stereocenters. The monoisotopic (exact) mass is 271 g/mol. The minimum absolute atomic E-state index is 0.0113. The normalized spacial score (nSPS) is 10.8. The molecule has 2 N–H and O–H groups in total. The van der Waals surface area contributed by atoms with Crippen LogP contribution < -0.4 is 10.6 Å². The van der Waals surface area contributed by atoms with Crippen molar-refractivity contribution in [3.63, 3.8) is 0 Å². The van der Waals surface area contributed by atoms with Crippen LogP contribution in [0.25, 0.3) is 10.9 Å². The van der Waals surface area contributed by atoms with Gasteiger partial charge in [-0.05, 0) is 25.0 Å². The zero-order valence-corrected chi connectivity index (χ0v) is 12.2. The van der Waals surface area contributed by atoms with E-state index in [0.29, 0.717) is 12.5 Å². The minimum Gasteiger partial charge on any atom is -0.376 e. The third kappa shape index (κ3) is 3.70. The molecule has 1 aromatic carbocycles. The Balaban J connectivity index is 2.08. The summed E-state index contributed by atoms with van der Waals surface area (Å²) >= 11 is 0. The molecule has 0 saturated heterocycles. The smallest absolute Gasteiger partial charge is 0.239 e. The molecule has 0 aliphatic heterocycles. The quantitative estimate of drug-likeness (QED) is 0.879. The second kappa shape index (κ2) is 6.37. The van der Waals surface area contributed by atoms with E-state index in [1.807, 2.05) is 37.3 Å². The molecule has 1 amide bonds. The standard InChI is InChI=1S/C16H21N3O/c1-11(2)9-18-16(20)10-17-15-8-12(3)19-14-7-5-4-6-13(14)15/h4-8,11H,9-10H2,1-3H3,(H,17,19)(H,18,20). The van der Waals surface area contributed by atoms with Crippen molar-refractivity contribution in [1.82, 2.24) is 10.3 Å². The van der Waals surface area contributed by atoms with Crippen molar-refractivity contribution in [3.05, 3.63) is 36.0 Å². The Hall–Kier alpha value is -2.10. The molecule has 0 aliphatic rings. The van der Waals surface area contributed by atoms with Crippen LogP contribution in [0.5, 0.6) is 0 Å². The summed E-state index contributed by atoms with van der Waals surface area (Å²) in [5, 5.41) is 7.13. The van der Waals surface area contributed by atoms with E-state index in [0.717, 1.165) is 22.3 Å². The van der Waals surface area contributed by atoms with Crippen LogP contribution in [0, 0.1) is 12.8 Å². The zero-order chi connectivity index (χ0) is 14.5. The average Bonchev–Trinajstić information content (AvgIpc) is 2.42. The van der Waals surface area contributed by atoms with Gasteiger partial charge in [-0.3, -0.25) is 9.78 Å². The lowest BCUT2D eigenvalue weighted by molar-refractivity contribution is -0.119. The van der Waals surface area contributed by atoms with E-state index >= 15 is 0 Å². The molecule has 20 heavy (non-hydrogen) atoms. The van der Waals surface area contributed by atoms with E-state index in [1.165, 1.54) is 0 Å². The number of nitrogens with zero attached hydrogens (tertiary/aromatic N) is 1. The van der Waals surface area contributed by atoms with Gasteiger partial charge in [0, 0.05) is 23.3 Å². The van der Waals surface area contributed by atoms with Gasteiger partial charge in [0.2, 0.25) is 5.91 Å². The van der Waals surface area contributed by atoms with E-state index in [1.54, 1.807) is 0 Å². The van der Waals surface area contributed by atoms with E-state index in [4.69, 9.17) is 0 Å². The molecule has 0 saturated carbocycles. The van der Waals surface area contributed by atoms with Gasteiger partial charge in [-0.2, -0.15) is 0 Å². The highest BCUT2D eigenvalue weighted by Crippen LogP contribution is 2.22. The van der Waals surface area contributed by atoms with Crippen LogP contribution in [0.1, 0.15) is 19.5 Å². The average molecular weight is 271 g/mol. The fourth-order valence-electron chi connectivity index (χ4n) is 2.01. The van der Waals surface area contributed by atoms with Crippen molar-refractivity contribution >= 4 is 22.5 Å². The summed E-state index contributed by atoms with van der Waals surface area (Å²) in [5.74, 6) is 0.472. The number of aromatic nitrogens is 1. The summed E-state index contributed by atoms with van der Waals surface area (Å²) in [4.78, 5) is 16.2. The number of nitrogens with one attached hydrogen (secondary N) is 2. The number of carbonyl (C=O) groups is 1. The van der Waals surface area contributed by atoms with E-state index in [2.05, 4.69) is 29.5 Å². The molecule has 1 heterocycles. The largest absolute Gasteiger partial charge is 0.376 e. The van der Waals surface area contributed by atoms with E-state index < -0.39 is 0 Å². The van der Waals surface area contributed by atoms with Crippen LogP contribution in [-0.2, 0) is 4.79 Å². The number of amides is 1. The Bertz CT molecular complexity index is 608. The molecule has 0 aliphatic carbocycles. The summed E-state index contributed by atoms with van der Waals surface area (Å²) in [6, 6.07) is 9.90. The number of anilines is 1. The molecule has 1 aromatic heterocycles. The van der Waals surface area contributed by atoms with Crippen molar-refractivity contribution in [2.75, 3.05) is 18.4 Å². The number of carbonyl (C=O) groups excluding carboxylic acids is 1. The molecule has 2 rings (SSSR count). The third-order valence-electron chi connectivity index (χ3n) is 2.99. The summed E-state index contributed by atoms with van der Waals surface area (Å²) in [6.45, 7) is 7.09. The van der Waals surface area contributed by atoms with Crippen LogP contribution in [0.4, 0.5) is 5.69 Å². The summed E-state index contributed by atoms with van der Waals surface area (Å²) in [6.07, 6.45) is 0. The number of benzene rings is 1. The van der Waals surface area contributed by atoms with Crippen molar-refractivity contribution in [3.8, 4) is 0 Å². The van der Waals surface area contributed by atoms with Crippen molar-refractivity contribution < 1.29 is 4.79 Å². The highest BCUT2D eigenvalue weighted by Gasteiger charge is 2.06. The topological polar surface area (TPSA) is 54.0 Å². The number of hydrogen-bond acceptors (Lipinski definition) is 3. The van der Waals surface area contributed by atoms with Gasteiger partial charge in [0.25, 0.3) is 0 Å². The number of hydrogen-bond donors (Lipinski definition) is 2. The number of pyridine rings is 1. The van der Waals surface area contributed by atoms with Crippen molar-refractivity contribution in [1.29, 1.82) is 0 Å². The van der Waals surface area contributed by atoms with Gasteiger partial charge >= 0.3 is 0 Å². The number of rotatable bonds is 5. The summed E-state index contributed by atoms with van der Waals surface area (Å²) < 4.78 is 0. The van der Waals surface area contributed by atoms with Crippen LogP contribution in [0.2, 0.25) is 0 Å². The number of para-hydroxylation sites is 1. The first kappa shape index (κ1) is 14.3. The first-order valence-corrected chi connectivity index (χ1v) is 6.93. The Kier molecular flexibility index (Phi) is 4.56. The van der Waals surface area contributed by atoms with Crippen LogP contribution in [0.15, 0.2) is 30.3 Å². The van der Waals surface area contributed by atoms with Gasteiger partial charge in [-0.15, -0.1) is 0 Å². The minimum atomic E-state index is 0.0113. The molecule has 0 radical (unpaired) electrons. The molecule has 106 valence electrons. The first-order chi connectivity index (χ1) is 9.56. The van der Waals surface area contributed by atoms with Crippen LogP contribution >= 0.6 is 0 Å². The lowest BCUT2D eigenvalue weighted by Crippen LogP contribution is -2.32. The first-order valence-electron chi connectivity index (χ1n) is 6.93. The third-order valence-corrected chi connectivity index (χ3v) is 2.99. The highest BCUT2D eigenvalue weighted by molar-refractivity contribution is 5.93. The van der Waals surface area contributed by atoms with E-state index in [-0.39, 0.29) is 12.5 Å². The van der Waals surface area contributed by atoms with Crippen LogP contribution in [0.3, 0.4) is 0 Å². The molecular weight excluding hydrogens is 250 g/mol. The lowest BCUT2D eigenvalue weighted by atomic mass is 10.1. The SMILES string of the molecule is Cc1cc(NCC(=O)NCC(C)C)c2ccccc2n1. The fraction of sp³-hybridized carbons (Fsp3) is 0.375. The second-order valence-electron chi connectivity index (χ2n) is 5.38. The number of fused-ring (bicyclic) bond motifs is 1. The Labute approximate surface area is 119 Å². The zero-order valence-electron chi connectivity index (χ0n) is 12.2. The maximum atomic E-state index is 11.8. The maximum absolute atomic E-state index is 11.8. The molecule has 4 nitrogen and oxygen atoms in total. The van der Waals surface area contributed by atoms with Crippen LogP contribution in [-0.4, -0.2) is 24.0 Å². The molecular formula is C16H21N3O. The molecule has 0 bridgehead atoms. The van der Waals surface area contributed by atoms with Crippen molar-refractivity contribution in [2.45, 2.75) is 20.8 Å². The van der Waals surface area contributed by atoms with Gasteiger partial charge in [-0.25, -0.2) is 0 Å². The van der Waals surface area contributed by atoms with Gasteiger partial charge in [0.05, 0.1) is 12.1 Å². The Morgan fingerprint density at radius 2 is 2.05 bits per heavy atom. The summed E-state index contributed by atoms with van der Waals surface area (Å²) in [7, 11) is 0. The van der Waals surface area contributed by atoms with Gasteiger partial charge in [-0.1, -0.05) is 32.0 Å². The highest BCUT2D eigenvalue weighted by atomic mass is 16.1. The predicted octanol–water partition coefficient (Wildman–Crippen LogP) is 2.73. The Morgan fingerprint density at radius 3 is 2.80 bits per heavy atom. The maximum Gasteiger partial charge on any atom is 0.239 e. The molecule has 2 aromatic rings. The molecule has 0 spiro atoms. The van der Waals surface area contributed by atoms with Gasteiger partial charge in [0.1, 0.15) is 0 Å². The lowest BCUT2D eigenvalue weighted by Gasteiger charge is -2.12. The van der Waals surface area contributed by atoms with E-state index in [9.17, 15) is 4.79 Å². The second-order valence-corrected chi connectivity index (χ2v) is 5.38. The predicted molar refractivity (Wildman–Crippen MR) is 82.8 cm³/mol. The molecule has 4 heteroatoms. The van der Waals surface area contributed by atoms with Gasteiger partial charge < -0.3 is 10.6 Å². The Morgan fingerprint density at radius 1 is 1.30 bits per heavy atom. The fourth-order valence-corrected chi connectivity index (χ4v) is 2.01. The summed E-state index contributed by atoms with van der Waals surface area (Å²) in [5.41, 5.74) is 2.83. The molecule has 0 fully saturated rings.